The van der Waals surface area contributed by atoms with Gasteiger partial charge < -0.3 is 9.64 Å². The first kappa shape index (κ1) is 22.0. The van der Waals surface area contributed by atoms with Crippen molar-refractivity contribution in [3.05, 3.63) is 72.2 Å². The Kier molecular flexibility index (Phi) is 7.37. The van der Waals surface area contributed by atoms with Crippen LogP contribution in [-0.4, -0.2) is 26.7 Å². The Bertz CT molecular complexity index is 1020. The summed E-state index contributed by atoms with van der Waals surface area (Å²) < 4.78 is 19.0. The Morgan fingerprint density at radius 2 is 1.48 bits per heavy atom. The van der Waals surface area contributed by atoms with Crippen molar-refractivity contribution in [3.63, 3.8) is 0 Å². The summed E-state index contributed by atoms with van der Waals surface area (Å²) in [7, 11) is 3.96. The molecule has 0 amide bonds. The molecule has 0 N–H and O–H groups in total. The van der Waals surface area contributed by atoms with Crippen molar-refractivity contribution in [2.75, 3.05) is 25.6 Å². The zero-order valence-corrected chi connectivity index (χ0v) is 17.7. The van der Waals surface area contributed by atoms with E-state index < -0.39 is 17.7 Å². The lowest BCUT2D eigenvalue weighted by atomic mass is 9.98. The molecular weight excluding hydrogens is 397 g/mol. The molecule has 0 heterocycles. The van der Waals surface area contributed by atoms with Gasteiger partial charge in [-0.2, -0.15) is 20.5 Å². The van der Waals surface area contributed by atoms with Gasteiger partial charge in [0, 0.05) is 19.8 Å². The number of hydrogen-bond acceptors (Lipinski definition) is 7. The van der Waals surface area contributed by atoms with E-state index in [4.69, 9.17) is 4.74 Å². The largest absolute Gasteiger partial charge is 0.465 e. The van der Waals surface area contributed by atoms with Gasteiger partial charge in [-0.1, -0.05) is 6.08 Å². The molecule has 3 rings (SSSR count). The van der Waals surface area contributed by atoms with Gasteiger partial charge in [-0.3, -0.25) is 4.79 Å². The van der Waals surface area contributed by atoms with E-state index in [1.165, 1.54) is 6.08 Å². The Morgan fingerprint density at radius 1 is 0.968 bits per heavy atom. The van der Waals surface area contributed by atoms with E-state index in [0.29, 0.717) is 17.1 Å². The van der Waals surface area contributed by atoms with E-state index in [0.717, 1.165) is 11.4 Å². The molecule has 160 valence electrons. The van der Waals surface area contributed by atoms with Gasteiger partial charge in [-0.05, 0) is 68.0 Å². The lowest BCUT2D eigenvalue weighted by molar-refractivity contribution is -0.147. The molecule has 8 heteroatoms. The summed E-state index contributed by atoms with van der Waals surface area (Å²) in [6, 6.07) is 14.8. The van der Waals surface area contributed by atoms with Gasteiger partial charge >= 0.3 is 5.97 Å². The Morgan fingerprint density at radius 3 is 1.97 bits per heavy atom. The highest BCUT2D eigenvalue weighted by Crippen LogP contribution is 2.28. The van der Waals surface area contributed by atoms with Crippen molar-refractivity contribution < 1.29 is 13.9 Å². The van der Waals surface area contributed by atoms with Crippen LogP contribution in [0.3, 0.4) is 0 Å². The maximum absolute atomic E-state index is 14.1. The first-order valence-corrected chi connectivity index (χ1v) is 9.91. The zero-order chi connectivity index (χ0) is 22.2. The number of carbonyl (C=O) groups excluding carboxylic acids is 1. The number of benzene rings is 2. The van der Waals surface area contributed by atoms with Crippen LogP contribution in [0.2, 0.25) is 0 Å². The predicted octanol–water partition coefficient (Wildman–Crippen LogP) is 6.57. The fourth-order valence-corrected chi connectivity index (χ4v) is 2.81. The number of ether oxygens (including phenoxy) is 1. The van der Waals surface area contributed by atoms with Gasteiger partial charge in [-0.15, -0.1) is 0 Å². The number of esters is 1. The average molecular weight is 421 g/mol. The van der Waals surface area contributed by atoms with Crippen LogP contribution < -0.4 is 4.90 Å². The molecule has 2 aromatic carbocycles. The van der Waals surface area contributed by atoms with Crippen LogP contribution in [0.25, 0.3) is 0 Å². The van der Waals surface area contributed by atoms with Crippen molar-refractivity contribution in [1.82, 2.24) is 0 Å². The van der Waals surface area contributed by atoms with Gasteiger partial charge in [0.25, 0.3) is 0 Å². The summed E-state index contributed by atoms with van der Waals surface area (Å²) in [5, 5.41) is 16.6. The monoisotopic (exact) mass is 421 g/mol. The topological polar surface area (TPSA) is 79.0 Å². The van der Waals surface area contributed by atoms with Crippen LogP contribution in [-0.2, 0) is 9.53 Å². The van der Waals surface area contributed by atoms with Crippen molar-refractivity contribution in [1.29, 1.82) is 0 Å². The molecule has 0 spiro atoms. The number of rotatable bonds is 7. The van der Waals surface area contributed by atoms with Crippen LogP contribution in [0.1, 0.15) is 13.3 Å². The highest BCUT2D eigenvalue weighted by atomic mass is 19.1. The van der Waals surface area contributed by atoms with E-state index in [1.807, 2.05) is 43.3 Å². The summed E-state index contributed by atoms with van der Waals surface area (Å²) in [5.41, 5.74) is 3.48. The summed E-state index contributed by atoms with van der Waals surface area (Å²) >= 11 is 0. The zero-order valence-electron chi connectivity index (χ0n) is 17.7. The molecule has 0 saturated carbocycles. The second kappa shape index (κ2) is 10.4. The van der Waals surface area contributed by atoms with E-state index in [-0.39, 0.29) is 13.0 Å². The maximum atomic E-state index is 14.1. The minimum absolute atomic E-state index is 0.199. The minimum atomic E-state index is -0.900. The van der Waals surface area contributed by atoms with Crippen molar-refractivity contribution in [2.24, 2.45) is 26.4 Å². The number of anilines is 1. The third kappa shape index (κ3) is 6.15. The highest BCUT2D eigenvalue weighted by molar-refractivity contribution is 5.76. The first-order chi connectivity index (χ1) is 15.0. The van der Waals surface area contributed by atoms with Gasteiger partial charge in [-0.25, -0.2) is 4.39 Å². The molecule has 0 aromatic heterocycles. The Balaban J connectivity index is 1.59. The van der Waals surface area contributed by atoms with E-state index in [9.17, 15) is 9.18 Å². The third-order valence-corrected chi connectivity index (χ3v) is 4.53. The molecule has 2 aromatic rings. The normalized spacial score (nSPS) is 16.3. The molecule has 7 nitrogen and oxygen atoms in total. The molecule has 0 aliphatic heterocycles. The van der Waals surface area contributed by atoms with Crippen molar-refractivity contribution in [3.8, 4) is 0 Å². The molecule has 1 unspecified atom stereocenters. The van der Waals surface area contributed by atoms with E-state index in [1.54, 1.807) is 37.3 Å². The smallest absolute Gasteiger partial charge is 0.316 e. The van der Waals surface area contributed by atoms with Gasteiger partial charge in [0.2, 0.25) is 0 Å². The quantitative estimate of drug-likeness (QED) is 0.374. The lowest BCUT2D eigenvalue weighted by Crippen LogP contribution is -2.19. The van der Waals surface area contributed by atoms with Gasteiger partial charge in [0.1, 0.15) is 11.7 Å². The fraction of sp³-hybridized carbons (Fsp3) is 0.261. The molecule has 1 aliphatic rings. The summed E-state index contributed by atoms with van der Waals surface area (Å²) in [4.78, 5) is 13.7. The number of azo groups is 2. The summed E-state index contributed by atoms with van der Waals surface area (Å²) in [5.74, 6) is -2.03. The molecule has 1 atom stereocenters. The number of halogens is 1. The van der Waals surface area contributed by atoms with Crippen molar-refractivity contribution >= 4 is 28.7 Å². The molecule has 0 radical (unpaired) electrons. The molecule has 31 heavy (non-hydrogen) atoms. The van der Waals surface area contributed by atoms with Crippen LogP contribution in [0.4, 0.5) is 27.1 Å². The third-order valence-electron chi connectivity index (χ3n) is 4.53. The Labute approximate surface area is 180 Å². The van der Waals surface area contributed by atoms with Crippen LogP contribution >= 0.6 is 0 Å². The van der Waals surface area contributed by atoms with Gasteiger partial charge in [0.15, 0.2) is 0 Å². The van der Waals surface area contributed by atoms with Gasteiger partial charge in [0.05, 0.1) is 29.4 Å². The predicted molar refractivity (Wildman–Crippen MR) is 118 cm³/mol. The SMILES string of the molecule is CCOC(=O)C1CC=C(N=Nc2ccc(N=Nc3ccc(N(C)C)cc3)cc2)C=C1F. The fourth-order valence-electron chi connectivity index (χ4n) is 2.81. The number of carbonyl (C=O) groups is 1. The molecule has 0 bridgehead atoms. The molecule has 1 aliphatic carbocycles. The number of allylic oxidation sites excluding steroid dienone is 2. The second-order valence-electron chi connectivity index (χ2n) is 7.03. The van der Waals surface area contributed by atoms with E-state index >= 15 is 0 Å². The minimum Gasteiger partial charge on any atom is -0.465 e. The van der Waals surface area contributed by atoms with Crippen LogP contribution in [0, 0.1) is 5.92 Å². The standard InChI is InChI=1S/C23H24FN5O2/c1-4-31-23(30)21-14-11-19(15-22(21)24)28-27-17-7-5-16(6-8-17)25-26-18-9-12-20(13-10-18)29(2)3/h5-13,15,21H,4,14H2,1-3H3. The van der Waals surface area contributed by atoms with Crippen LogP contribution in [0.5, 0.6) is 0 Å². The lowest BCUT2D eigenvalue weighted by Gasteiger charge is -2.15. The number of nitrogens with zero attached hydrogens (tertiary/aromatic N) is 5. The summed E-state index contributed by atoms with van der Waals surface area (Å²) in [6.07, 6.45) is 3.07. The summed E-state index contributed by atoms with van der Waals surface area (Å²) in [6.45, 7) is 1.91. The number of hydrogen-bond donors (Lipinski definition) is 0. The average Bonchev–Trinajstić information content (AvgIpc) is 2.77. The molecule has 0 fully saturated rings. The molecule has 0 saturated heterocycles. The van der Waals surface area contributed by atoms with Crippen molar-refractivity contribution in [2.45, 2.75) is 13.3 Å². The second-order valence-corrected chi connectivity index (χ2v) is 7.03. The molecular formula is C23H24FN5O2. The first-order valence-electron chi connectivity index (χ1n) is 9.91. The van der Waals surface area contributed by atoms with Crippen LogP contribution in [0.15, 0.2) is 92.7 Å². The maximum Gasteiger partial charge on any atom is 0.316 e. The van der Waals surface area contributed by atoms with E-state index in [2.05, 4.69) is 20.5 Å². The highest BCUT2D eigenvalue weighted by Gasteiger charge is 2.26. The Hall–Kier alpha value is -3.68.